The highest BCUT2D eigenvalue weighted by Crippen LogP contribution is 2.48. The van der Waals surface area contributed by atoms with Gasteiger partial charge in [-0.25, -0.2) is 4.79 Å². The lowest BCUT2D eigenvalue weighted by molar-refractivity contribution is -0.119. The van der Waals surface area contributed by atoms with Crippen LogP contribution in [-0.4, -0.2) is 41.1 Å². The number of benzene rings is 2. The summed E-state index contributed by atoms with van der Waals surface area (Å²) in [5.41, 5.74) is 5.22. The number of carboxylic acid groups (broad SMARTS) is 1. The van der Waals surface area contributed by atoms with Crippen LogP contribution >= 0.6 is 0 Å². The first-order valence-electron chi connectivity index (χ1n) is 17.5. The average Bonchev–Trinajstić information content (AvgIpc) is 3.45. The number of terminal acetylenes is 1. The molecular weight excluding hydrogens is 622 g/mol. The van der Waals surface area contributed by atoms with Gasteiger partial charge in [-0.2, -0.15) is 0 Å². The lowest BCUT2D eigenvalue weighted by Gasteiger charge is -2.33. The van der Waals surface area contributed by atoms with Crippen molar-refractivity contribution in [3.8, 4) is 12.3 Å². The number of anilines is 1. The third-order valence-electron chi connectivity index (χ3n) is 8.58. The second kappa shape index (κ2) is 22.5. The van der Waals surface area contributed by atoms with Crippen molar-refractivity contribution in [3.05, 3.63) is 131 Å². The van der Waals surface area contributed by atoms with Crippen LogP contribution < -0.4 is 10.2 Å². The highest BCUT2D eigenvalue weighted by Gasteiger charge is 2.42. The number of hydrogen-bond acceptors (Lipinski definition) is 5. The molecule has 0 saturated heterocycles. The van der Waals surface area contributed by atoms with Crippen LogP contribution in [0.15, 0.2) is 109 Å². The largest absolute Gasteiger partial charge is 0.489 e. The standard InChI is InChI=1S/C36H41N3O4.C4H10.C3H4/c1-5-25(3)34-31-17-15-29(36(41)42)21-32(31)39(23-33(40)38-20-18-27-13-10-19-37-22-27)35(34)26(4)14-16-30(6-2)43-24-28-11-8-7-9-12-28;1-3-4-2;1-3-2/h6-17,19,21-22,25,34-35H,2,5,18,20,23-24H2,1,3-4H3,(H,38,40)(H,41,42);3-4H2,1-2H3;1H,2H3/b26-14+,30-16+;;. The molecule has 2 aromatic carbocycles. The van der Waals surface area contributed by atoms with E-state index in [1.54, 1.807) is 37.5 Å². The minimum Gasteiger partial charge on any atom is -0.489 e. The molecule has 7 nitrogen and oxygen atoms in total. The third-order valence-corrected chi connectivity index (χ3v) is 8.58. The number of allylic oxidation sites excluding steroid dienone is 3. The van der Waals surface area contributed by atoms with E-state index < -0.39 is 5.97 Å². The summed E-state index contributed by atoms with van der Waals surface area (Å²) in [4.78, 5) is 31.4. The Kier molecular flexibility index (Phi) is 18.5. The summed E-state index contributed by atoms with van der Waals surface area (Å²) in [6, 6.07) is 19.0. The number of aromatic carboxylic acids is 1. The third kappa shape index (κ3) is 12.7. The Morgan fingerprint density at radius 1 is 1.08 bits per heavy atom. The number of fused-ring (bicyclic) bond motifs is 1. The minimum atomic E-state index is -0.992. The van der Waals surface area contributed by atoms with Crippen molar-refractivity contribution in [1.29, 1.82) is 0 Å². The van der Waals surface area contributed by atoms with Gasteiger partial charge in [0.15, 0.2) is 0 Å². The fourth-order valence-corrected chi connectivity index (χ4v) is 5.64. The number of amides is 1. The summed E-state index contributed by atoms with van der Waals surface area (Å²) in [6.45, 7) is 17.4. The van der Waals surface area contributed by atoms with Gasteiger partial charge < -0.3 is 20.1 Å². The van der Waals surface area contributed by atoms with Gasteiger partial charge >= 0.3 is 5.97 Å². The number of nitrogens with zero attached hydrogens (tertiary/aromatic N) is 2. The number of pyridine rings is 1. The van der Waals surface area contributed by atoms with Gasteiger partial charge in [-0.1, -0.05) is 108 Å². The van der Waals surface area contributed by atoms with Crippen molar-refractivity contribution >= 4 is 17.6 Å². The number of carbonyl (C=O) groups is 2. The fraction of sp³-hybridized carbons (Fsp3) is 0.372. The minimum absolute atomic E-state index is 0.0770. The molecule has 0 bridgehead atoms. The van der Waals surface area contributed by atoms with Crippen LogP contribution in [0.5, 0.6) is 0 Å². The van der Waals surface area contributed by atoms with Gasteiger partial charge in [-0.05, 0) is 73.2 Å². The smallest absolute Gasteiger partial charge is 0.335 e. The number of nitrogens with one attached hydrogen (secondary N) is 1. The average molecular weight is 678 g/mol. The number of aromatic nitrogens is 1. The van der Waals surface area contributed by atoms with E-state index in [1.807, 2.05) is 60.7 Å². The number of unbranched alkanes of at least 4 members (excludes halogenated alkanes) is 1. The summed E-state index contributed by atoms with van der Waals surface area (Å²) >= 11 is 0. The van der Waals surface area contributed by atoms with Crippen molar-refractivity contribution in [2.45, 2.75) is 85.8 Å². The molecule has 0 fully saturated rings. The van der Waals surface area contributed by atoms with Crippen LogP contribution in [0.25, 0.3) is 0 Å². The Balaban J connectivity index is 0.00000114. The number of carboxylic acids is 1. The SMILES string of the molecule is C#CC.C=C/C(=C\C=C(/C)C1C(C(C)CC)c2ccc(C(=O)O)cc2N1CC(=O)NCCc1cccnc1)OCc1ccccc1.CCCC. The van der Waals surface area contributed by atoms with E-state index in [0.29, 0.717) is 31.2 Å². The molecule has 0 saturated carbocycles. The second-order valence-electron chi connectivity index (χ2n) is 12.3. The van der Waals surface area contributed by atoms with Crippen molar-refractivity contribution in [2.24, 2.45) is 5.92 Å². The first kappa shape index (κ1) is 41.1. The highest BCUT2D eigenvalue weighted by atomic mass is 16.5. The number of rotatable bonds is 15. The zero-order valence-electron chi connectivity index (χ0n) is 30.7. The maximum atomic E-state index is 13.3. The number of hydrogen-bond donors (Lipinski definition) is 2. The summed E-state index contributed by atoms with van der Waals surface area (Å²) in [7, 11) is 0. The molecule has 3 aromatic rings. The predicted molar refractivity (Wildman–Crippen MR) is 206 cm³/mol. The lowest BCUT2D eigenvalue weighted by Crippen LogP contribution is -2.44. The van der Waals surface area contributed by atoms with Gasteiger partial charge in [-0.3, -0.25) is 9.78 Å². The van der Waals surface area contributed by atoms with E-state index in [2.05, 4.69) is 68.7 Å². The Morgan fingerprint density at radius 3 is 2.34 bits per heavy atom. The van der Waals surface area contributed by atoms with E-state index in [1.165, 1.54) is 12.8 Å². The molecule has 1 aliphatic rings. The molecule has 4 rings (SSSR count). The Bertz CT molecular complexity index is 1590. The maximum Gasteiger partial charge on any atom is 0.335 e. The zero-order valence-corrected chi connectivity index (χ0v) is 30.7. The fourth-order valence-electron chi connectivity index (χ4n) is 5.64. The van der Waals surface area contributed by atoms with Gasteiger partial charge in [0.25, 0.3) is 0 Å². The monoisotopic (exact) mass is 677 g/mol. The molecule has 1 amide bonds. The van der Waals surface area contributed by atoms with E-state index >= 15 is 0 Å². The van der Waals surface area contributed by atoms with Crippen LogP contribution in [0, 0.1) is 18.3 Å². The molecule has 1 aliphatic heterocycles. The Labute approximate surface area is 300 Å². The summed E-state index contributed by atoms with van der Waals surface area (Å²) in [6.07, 6.45) is 18.0. The second-order valence-corrected chi connectivity index (χ2v) is 12.3. The van der Waals surface area contributed by atoms with E-state index in [9.17, 15) is 14.7 Å². The van der Waals surface area contributed by atoms with Gasteiger partial charge in [0.2, 0.25) is 5.91 Å². The van der Waals surface area contributed by atoms with Crippen LogP contribution in [0.2, 0.25) is 0 Å². The van der Waals surface area contributed by atoms with E-state index in [-0.39, 0.29) is 30.0 Å². The van der Waals surface area contributed by atoms with E-state index in [4.69, 9.17) is 4.74 Å². The van der Waals surface area contributed by atoms with Gasteiger partial charge in [-0.15, -0.1) is 12.3 Å². The van der Waals surface area contributed by atoms with Crippen LogP contribution in [0.4, 0.5) is 5.69 Å². The molecule has 50 heavy (non-hydrogen) atoms. The normalized spacial score (nSPS) is 15.6. The van der Waals surface area contributed by atoms with Gasteiger partial charge in [0.1, 0.15) is 12.4 Å². The molecule has 3 unspecified atom stereocenters. The van der Waals surface area contributed by atoms with Crippen molar-refractivity contribution < 1.29 is 19.4 Å². The zero-order chi connectivity index (χ0) is 36.9. The number of carbonyl (C=O) groups excluding carboxylic acids is 1. The van der Waals surface area contributed by atoms with Gasteiger partial charge in [0.05, 0.1) is 18.2 Å². The predicted octanol–water partition coefficient (Wildman–Crippen LogP) is 9.14. The van der Waals surface area contributed by atoms with Crippen LogP contribution in [-0.2, 0) is 22.6 Å². The topological polar surface area (TPSA) is 91.8 Å². The van der Waals surface area contributed by atoms with Gasteiger partial charge in [0, 0.05) is 30.5 Å². The first-order valence-corrected chi connectivity index (χ1v) is 17.5. The summed E-state index contributed by atoms with van der Waals surface area (Å²) < 4.78 is 6.01. The Hall–Kier alpha value is -5.09. The quantitative estimate of drug-likeness (QED) is 0.0947. The molecule has 0 aliphatic carbocycles. The molecule has 0 radical (unpaired) electrons. The van der Waals surface area contributed by atoms with E-state index in [0.717, 1.165) is 34.4 Å². The molecule has 2 N–H and O–H groups in total. The first-order chi connectivity index (χ1) is 24.1. The molecule has 1 aromatic heterocycles. The van der Waals surface area contributed by atoms with Crippen molar-refractivity contribution in [2.75, 3.05) is 18.0 Å². The summed E-state index contributed by atoms with van der Waals surface area (Å²) in [5, 5.41) is 12.8. The molecule has 2 heterocycles. The van der Waals surface area contributed by atoms with Crippen molar-refractivity contribution in [3.63, 3.8) is 0 Å². The highest BCUT2D eigenvalue weighted by molar-refractivity contribution is 5.91. The molecule has 0 spiro atoms. The van der Waals surface area contributed by atoms with Crippen LogP contribution in [0.1, 0.15) is 93.8 Å². The molecular formula is C43H55N3O4. The lowest BCUT2D eigenvalue weighted by atomic mass is 9.79. The van der Waals surface area contributed by atoms with Crippen molar-refractivity contribution in [1.82, 2.24) is 10.3 Å². The number of ether oxygens (including phenoxy) is 1. The Morgan fingerprint density at radius 2 is 1.76 bits per heavy atom. The molecule has 266 valence electrons. The molecule has 7 heteroatoms. The summed E-state index contributed by atoms with van der Waals surface area (Å²) in [5.74, 6) is 2.15. The van der Waals surface area contributed by atoms with Crippen LogP contribution in [0.3, 0.4) is 0 Å². The maximum absolute atomic E-state index is 13.3. The molecule has 3 atom stereocenters.